The van der Waals surface area contributed by atoms with E-state index < -0.39 is 15.6 Å². The Bertz CT molecular complexity index is 526. The molecule has 1 atom stereocenters. The Kier molecular flexibility index (Phi) is 4.20. The molecular formula is C11H19N3O3S. The van der Waals surface area contributed by atoms with Crippen molar-refractivity contribution in [1.29, 1.82) is 0 Å². The molecule has 0 radical (unpaired) electrons. The lowest BCUT2D eigenvalue weighted by atomic mass is 10.0. The van der Waals surface area contributed by atoms with Gasteiger partial charge in [0.05, 0.1) is 21.9 Å². The minimum absolute atomic E-state index is 0.0344. The van der Waals surface area contributed by atoms with Gasteiger partial charge >= 0.3 is 0 Å². The van der Waals surface area contributed by atoms with E-state index in [1.165, 1.54) is 18.2 Å². The fourth-order valence-electron chi connectivity index (χ4n) is 1.29. The van der Waals surface area contributed by atoms with Gasteiger partial charge in [0.15, 0.2) is 0 Å². The van der Waals surface area contributed by atoms with Gasteiger partial charge in [-0.1, -0.05) is 6.92 Å². The molecule has 0 aromatic heterocycles. The Morgan fingerprint density at radius 3 is 2.50 bits per heavy atom. The summed E-state index contributed by atoms with van der Waals surface area (Å²) in [6.45, 7) is 3.90. The topological polar surface area (TPSA) is 118 Å². The van der Waals surface area contributed by atoms with E-state index in [2.05, 4.69) is 5.32 Å². The van der Waals surface area contributed by atoms with Gasteiger partial charge in [0.25, 0.3) is 0 Å². The molecule has 1 rings (SSSR count). The number of rotatable bonds is 5. The third-order valence-electron chi connectivity index (χ3n) is 2.77. The Hall–Kier alpha value is -1.31. The van der Waals surface area contributed by atoms with Crippen molar-refractivity contribution in [3.8, 4) is 0 Å². The number of hydrogen-bond acceptors (Lipinski definition) is 5. The van der Waals surface area contributed by atoms with Crippen LogP contribution in [0.25, 0.3) is 0 Å². The second-order valence-electron chi connectivity index (χ2n) is 4.50. The summed E-state index contributed by atoms with van der Waals surface area (Å²) in [7, 11) is -3.75. The van der Waals surface area contributed by atoms with Gasteiger partial charge in [-0.05, 0) is 31.5 Å². The molecule has 0 saturated heterocycles. The van der Waals surface area contributed by atoms with E-state index in [-0.39, 0.29) is 10.6 Å². The van der Waals surface area contributed by atoms with Crippen molar-refractivity contribution in [2.75, 3.05) is 17.6 Å². The van der Waals surface area contributed by atoms with Gasteiger partial charge < -0.3 is 16.2 Å². The highest BCUT2D eigenvalue weighted by molar-refractivity contribution is 7.89. The van der Waals surface area contributed by atoms with Crippen LogP contribution in [0.1, 0.15) is 20.3 Å². The van der Waals surface area contributed by atoms with Crippen LogP contribution in [0, 0.1) is 0 Å². The highest BCUT2D eigenvalue weighted by Gasteiger charge is 2.17. The highest BCUT2D eigenvalue weighted by atomic mass is 32.2. The summed E-state index contributed by atoms with van der Waals surface area (Å²) < 4.78 is 22.2. The van der Waals surface area contributed by atoms with Crippen LogP contribution in [0.2, 0.25) is 0 Å². The molecule has 7 heteroatoms. The first-order valence-electron chi connectivity index (χ1n) is 5.54. The fourth-order valence-corrected chi connectivity index (χ4v) is 1.84. The van der Waals surface area contributed by atoms with Crippen LogP contribution in [0.15, 0.2) is 23.1 Å². The van der Waals surface area contributed by atoms with Crippen LogP contribution in [0.5, 0.6) is 0 Å². The van der Waals surface area contributed by atoms with Gasteiger partial charge in [0, 0.05) is 6.54 Å². The molecule has 0 bridgehead atoms. The first-order valence-corrected chi connectivity index (χ1v) is 7.09. The van der Waals surface area contributed by atoms with E-state index in [0.717, 1.165) is 0 Å². The minimum Gasteiger partial charge on any atom is -0.397 e. The molecule has 6 N–H and O–H groups in total. The van der Waals surface area contributed by atoms with E-state index in [9.17, 15) is 13.5 Å². The molecule has 1 aromatic rings. The summed E-state index contributed by atoms with van der Waals surface area (Å²) in [5, 5.41) is 17.8. The number of sulfonamides is 1. The quantitative estimate of drug-likeness (QED) is 0.582. The zero-order chi connectivity index (χ0) is 14.0. The zero-order valence-electron chi connectivity index (χ0n) is 10.5. The molecule has 18 heavy (non-hydrogen) atoms. The van der Waals surface area contributed by atoms with E-state index in [1.807, 2.05) is 6.92 Å². The second kappa shape index (κ2) is 5.13. The number of aliphatic hydroxyl groups is 1. The van der Waals surface area contributed by atoms with Gasteiger partial charge in [-0.15, -0.1) is 0 Å². The summed E-state index contributed by atoms with van der Waals surface area (Å²) in [5.41, 5.74) is 5.72. The van der Waals surface area contributed by atoms with E-state index >= 15 is 0 Å². The number of nitrogens with two attached hydrogens (primary N) is 2. The van der Waals surface area contributed by atoms with Crippen LogP contribution in [0.4, 0.5) is 11.4 Å². The maximum absolute atomic E-state index is 11.1. The number of anilines is 2. The highest BCUT2D eigenvalue weighted by Crippen LogP contribution is 2.23. The molecule has 102 valence electrons. The summed E-state index contributed by atoms with van der Waals surface area (Å²) in [5.74, 6) is 0. The fraction of sp³-hybridized carbons (Fsp3) is 0.455. The summed E-state index contributed by atoms with van der Waals surface area (Å²) in [6, 6.07) is 4.19. The largest absolute Gasteiger partial charge is 0.397 e. The summed E-state index contributed by atoms with van der Waals surface area (Å²) in [6.07, 6.45) is 0.592. The maximum Gasteiger partial charge on any atom is 0.238 e. The lowest BCUT2D eigenvalue weighted by molar-refractivity contribution is 0.0697. The maximum atomic E-state index is 11.1. The van der Waals surface area contributed by atoms with Crippen molar-refractivity contribution in [1.82, 2.24) is 0 Å². The van der Waals surface area contributed by atoms with Crippen molar-refractivity contribution < 1.29 is 13.5 Å². The number of benzene rings is 1. The lowest BCUT2D eigenvalue weighted by Crippen LogP contribution is -2.32. The number of primary sulfonamides is 1. The predicted molar refractivity (Wildman–Crippen MR) is 71.6 cm³/mol. The van der Waals surface area contributed by atoms with E-state index in [4.69, 9.17) is 10.9 Å². The predicted octanol–water partition coefficient (Wildman–Crippen LogP) is 0.489. The lowest BCUT2D eigenvalue weighted by Gasteiger charge is -2.22. The molecule has 0 heterocycles. The number of nitrogen functional groups attached to an aromatic ring is 1. The SMILES string of the molecule is CCC(C)(O)CNc1ccc(S(N)(=O)=O)cc1N. The van der Waals surface area contributed by atoms with E-state index in [1.54, 1.807) is 6.92 Å². The Morgan fingerprint density at radius 1 is 1.44 bits per heavy atom. The van der Waals surface area contributed by atoms with Crippen molar-refractivity contribution >= 4 is 21.4 Å². The first kappa shape index (κ1) is 14.7. The standard InChI is InChI=1S/C11H19N3O3S/c1-3-11(2,15)7-14-10-5-4-8(6-9(10)12)18(13,16)17/h4-6,14-15H,3,7,12H2,1-2H3,(H2,13,16,17). The molecule has 0 fully saturated rings. The normalized spacial score (nSPS) is 15.1. The molecule has 1 aromatic carbocycles. The van der Waals surface area contributed by atoms with Crippen molar-refractivity contribution in [3.63, 3.8) is 0 Å². The molecule has 6 nitrogen and oxygen atoms in total. The molecule has 0 spiro atoms. The Morgan fingerprint density at radius 2 is 2.06 bits per heavy atom. The van der Waals surface area contributed by atoms with Crippen LogP contribution >= 0.6 is 0 Å². The molecule has 0 saturated carbocycles. The number of hydrogen-bond donors (Lipinski definition) is 4. The van der Waals surface area contributed by atoms with Gasteiger partial charge in [-0.3, -0.25) is 0 Å². The van der Waals surface area contributed by atoms with E-state index in [0.29, 0.717) is 18.7 Å². The molecule has 1 unspecified atom stereocenters. The van der Waals surface area contributed by atoms with Gasteiger partial charge in [-0.25, -0.2) is 13.6 Å². The monoisotopic (exact) mass is 273 g/mol. The Balaban J connectivity index is 2.88. The molecular weight excluding hydrogens is 254 g/mol. The molecule has 0 aliphatic heterocycles. The zero-order valence-corrected chi connectivity index (χ0v) is 11.3. The van der Waals surface area contributed by atoms with Crippen LogP contribution < -0.4 is 16.2 Å². The third-order valence-corrected chi connectivity index (χ3v) is 3.68. The van der Waals surface area contributed by atoms with Gasteiger partial charge in [0.1, 0.15) is 0 Å². The van der Waals surface area contributed by atoms with Crippen molar-refractivity contribution in [3.05, 3.63) is 18.2 Å². The average Bonchev–Trinajstić information content (AvgIpc) is 2.26. The summed E-state index contributed by atoms with van der Waals surface area (Å²) >= 11 is 0. The van der Waals surface area contributed by atoms with Crippen LogP contribution in [-0.2, 0) is 10.0 Å². The van der Waals surface area contributed by atoms with Crippen molar-refractivity contribution in [2.45, 2.75) is 30.8 Å². The minimum atomic E-state index is -3.75. The van der Waals surface area contributed by atoms with Crippen molar-refractivity contribution in [2.24, 2.45) is 5.14 Å². The number of nitrogens with one attached hydrogen (secondary N) is 1. The molecule has 0 amide bonds. The van der Waals surface area contributed by atoms with Crippen LogP contribution in [0.3, 0.4) is 0 Å². The van der Waals surface area contributed by atoms with Crippen LogP contribution in [-0.4, -0.2) is 25.7 Å². The first-order chi connectivity index (χ1) is 8.15. The second-order valence-corrected chi connectivity index (χ2v) is 6.06. The van der Waals surface area contributed by atoms with Gasteiger partial charge in [-0.2, -0.15) is 0 Å². The Labute approximate surface area is 107 Å². The summed E-state index contributed by atoms with van der Waals surface area (Å²) in [4.78, 5) is -0.0344. The molecule has 0 aliphatic rings. The molecule has 0 aliphatic carbocycles. The third kappa shape index (κ3) is 3.86. The van der Waals surface area contributed by atoms with Gasteiger partial charge in [0.2, 0.25) is 10.0 Å². The average molecular weight is 273 g/mol. The smallest absolute Gasteiger partial charge is 0.238 e.